The predicted octanol–water partition coefficient (Wildman–Crippen LogP) is 5.02. The molecule has 0 unspecified atom stereocenters. The molecule has 2 aromatic heterocycles. The summed E-state index contributed by atoms with van der Waals surface area (Å²) in [5.41, 5.74) is 5.78. The van der Waals surface area contributed by atoms with Crippen molar-refractivity contribution in [3.05, 3.63) is 86.6 Å². The Morgan fingerprint density at radius 2 is 1.90 bits per heavy atom. The lowest BCUT2D eigenvalue weighted by Crippen LogP contribution is -2.17. The summed E-state index contributed by atoms with van der Waals surface area (Å²) in [7, 11) is 0. The number of phenolic OH excluding ortho intramolecular Hbond substituents is 1. The van der Waals surface area contributed by atoms with E-state index >= 15 is 0 Å². The fourth-order valence-electron chi connectivity index (χ4n) is 3.36. The number of thiazole rings is 1. The van der Waals surface area contributed by atoms with Crippen LogP contribution in [0.5, 0.6) is 5.75 Å². The molecule has 0 fully saturated rings. The van der Waals surface area contributed by atoms with Crippen LogP contribution >= 0.6 is 11.3 Å². The molecule has 0 bridgehead atoms. The molecule has 0 aliphatic rings. The van der Waals surface area contributed by atoms with Gasteiger partial charge in [-0.2, -0.15) is 5.10 Å². The minimum Gasteiger partial charge on any atom is -0.507 e. The van der Waals surface area contributed by atoms with Crippen LogP contribution < -0.4 is 11.0 Å². The first-order chi connectivity index (χ1) is 14.8. The second-order valence-electron chi connectivity index (χ2n) is 8.36. The fraction of sp³-hybridized carbons (Fsp3) is 0.208. The maximum Gasteiger partial charge on any atom is 0.251 e. The predicted molar refractivity (Wildman–Crippen MR) is 128 cm³/mol. The third-order valence-corrected chi connectivity index (χ3v) is 5.85. The first-order valence-corrected chi connectivity index (χ1v) is 10.8. The smallest absolute Gasteiger partial charge is 0.251 e. The number of nitrogens with one attached hydrogen (secondary N) is 2. The molecule has 0 saturated heterocycles. The van der Waals surface area contributed by atoms with Gasteiger partial charge in [-0.3, -0.25) is 10.2 Å². The number of H-pyrrole nitrogens is 1. The number of nitrogens with zero attached hydrogens (tertiary/aromatic N) is 2. The summed E-state index contributed by atoms with van der Waals surface area (Å²) in [4.78, 5) is 21.4. The zero-order chi connectivity index (χ0) is 22.0. The van der Waals surface area contributed by atoms with Gasteiger partial charge in [-0.25, -0.2) is 4.98 Å². The Balaban J connectivity index is 1.63. The van der Waals surface area contributed by atoms with E-state index < -0.39 is 0 Å². The van der Waals surface area contributed by atoms with Crippen molar-refractivity contribution < 1.29 is 5.11 Å². The van der Waals surface area contributed by atoms with Gasteiger partial charge in [0.2, 0.25) is 5.13 Å². The van der Waals surface area contributed by atoms with Gasteiger partial charge in [0, 0.05) is 33.4 Å². The second-order valence-corrected chi connectivity index (χ2v) is 9.44. The highest BCUT2D eigenvalue weighted by molar-refractivity contribution is 7.15. The van der Waals surface area contributed by atoms with E-state index in [9.17, 15) is 9.90 Å². The summed E-state index contributed by atoms with van der Waals surface area (Å²) in [6.45, 7) is 6.31. The molecule has 0 saturated carbocycles. The van der Waals surface area contributed by atoms with Crippen molar-refractivity contribution in [1.29, 1.82) is 0 Å². The summed E-state index contributed by atoms with van der Waals surface area (Å²) in [6, 6.07) is 16.7. The van der Waals surface area contributed by atoms with Gasteiger partial charge in [-0.15, -0.1) is 0 Å². The Hall–Kier alpha value is -3.45. The molecule has 7 heteroatoms. The number of aromatic nitrogens is 2. The molecule has 4 rings (SSSR count). The number of hydrogen-bond donors (Lipinski definition) is 3. The molecule has 0 radical (unpaired) electrons. The van der Waals surface area contributed by atoms with Crippen molar-refractivity contribution in [2.24, 2.45) is 5.10 Å². The van der Waals surface area contributed by atoms with Crippen molar-refractivity contribution >= 4 is 33.6 Å². The number of rotatable bonds is 5. The number of aromatic hydroxyl groups is 1. The molecule has 0 aliphatic carbocycles. The van der Waals surface area contributed by atoms with E-state index in [1.54, 1.807) is 24.4 Å². The van der Waals surface area contributed by atoms with E-state index in [2.05, 4.69) is 36.3 Å². The zero-order valence-electron chi connectivity index (χ0n) is 17.6. The molecule has 2 aromatic carbocycles. The minimum atomic E-state index is -0.184. The first kappa shape index (κ1) is 20.8. The normalized spacial score (nSPS) is 12.0. The molecule has 0 amide bonds. The molecule has 3 N–H and O–H groups in total. The lowest BCUT2D eigenvalue weighted by molar-refractivity contribution is 0.474. The molecule has 31 heavy (non-hydrogen) atoms. The SMILES string of the molecule is CC(C)(C)c1nc(N/N=C/c2ccccc2O)sc1Cc1cc2ccccc2[nH]c1=O. The Labute approximate surface area is 184 Å². The number of hydrazone groups is 1. The van der Waals surface area contributed by atoms with Crippen LogP contribution in [-0.4, -0.2) is 21.3 Å². The number of aromatic amines is 1. The molecule has 0 spiro atoms. The molecule has 0 atom stereocenters. The van der Waals surface area contributed by atoms with Gasteiger partial charge in [0.25, 0.3) is 5.56 Å². The van der Waals surface area contributed by atoms with E-state index in [-0.39, 0.29) is 16.7 Å². The third kappa shape index (κ3) is 4.67. The van der Waals surface area contributed by atoms with Crippen LogP contribution in [0.3, 0.4) is 0 Å². The molecule has 2 heterocycles. The Morgan fingerprint density at radius 1 is 1.16 bits per heavy atom. The monoisotopic (exact) mass is 432 g/mol. The van der Waals surface area contributed by atoms with Crippen LogP contribution in [0, 0.1) is 0 Å². The number of hydrogen-bond acceptors (Lipinski definition) is 6. The maximum absolute atomic E-state index is 12.6. The van der Waals surface area contributed by atoms with Gasteiger partial charge in [0.1, 0.15) is 5.75 Å². The van der Waals surface area contributed by atoms with E-state index in [1.165, 1.54) is 11.3 Å². The van der Waals surface area contributed by atoms with E-state index in [0.717, 1.165) is 21.5 Å². The number of para-hydroxylation sites is 2. The zero-order valence-corrected chi connectivity index (χ0v) is 18.5. The summed E-state index contributed by atoms with van der Waals surface area (Å²) in [5.74, 6) is 0.166. The van der Waals surface area contributed by atoms with Crippen molar-refractivity contribution in [2.75, 3.05) is 5.43 Å². The minimum absolute atomic E-state index is 0.0842. The Kier molecular flexibility index (Phi) is 5.61. The van der Waals surface area contributed by atoms with Crippen LogP contribution in [0.1, 0.15) is 42.5 Å². The number of fused-ring (bicyclic) bond motifs is 1. The molecule has 6 nitrogen and oxygen atoms in total. The van der Waals surface area contributed by atoms with Gasteiger partial charge < -0.3 is 10.1 Å². The first-order valence-electron chi connectivity index (χ1n) is 9.99. The highest BCUT2D eigenvalue weighted by Crippen LogP contribution is 2.33. The molecule has 4 aromatic rings. The molecule has 158 valence electrons. The quantitative estimate of drug-likeness (QED) is 0.305. The Morgan fingerprint density at radius 3 is 2.68 bits per heavy atom. The maximum atomic E-state index is 12.6. The lowest BCUT2D eigenvalue weighted by Gasteiger charge is -2.17. The van der Waals surface area contributed by atoms with E-state index in [0.29, 0.717) is 22.7 Å². The highest BCUT2D eigenvalue weighted by atomic mass is 32.1. The average Bonchev–Trinajstić information content (AvgIpc) is 3.13. The molecular formula is C24H24N4O2S. The second kappa shape index (κ2) is 8.35. The van der Waals surface area contributed by atoms with Crippen molar-refractivity contribution in [1.82, 2.24) is 9.97 Å². The van der Waals surface area contributed by atoms with Crippen molar-refractivity contribution in [3.63, 3.8) is 0 Å². The summed E-state index contributed by atoms with van der Waals surface area (Å²) in [6.07, 6.45) is 2.05. The number of benzene rings is 2. The number of anilines is 1. The van der Waals surface area contributed by atoms with Crippen LogP contribution in [0.2, 0.25) is 0 Å². The van der Waals surface area contributed by atoms with Crippen LogP contribution in [0.4, 0.5) is 5.13 Å². The van der Waals surface area contributed by atoms with Crippen LogP contribution in [-0.2, 0) is 11.8 Å². The van der Waals surface area contributed by atoms with Crippen LogP contribution in [0.15, 0.2) is 64.5 Å². The molecular weight excluding hydrogens is 408 g/mol. The number of phenols is 1. The number of pyridine rings is 1. The van der Waals surface area contributed by atoms with Gasteiger partial charge in [0.05, 0.1) is 11.9 Å². The standard InChI is InChI=1S/C24H24N4O2S/c1-24(2,3)21-20(13-17-12-15-8-4-6-10-18(15)26-22(17)30)31-23(27-21)28-25-14-16-9-5-7-11-19(16)29/h4-12,14,29H,13H2,1-3H3,(H,26,30)(H,27,28)/b25-14+. The van der Waals surface area contributed by atoms with Crippen molar-refractivity contribution in [2.45, 2.75) is 32.6 Å². The van der Waals surface area contributed by atoms with Crippen LogP contribution in [0.25, 0.3) is 10.9 Å². The van der Waals surface area contributed by atoms with Gasteiger partial charge in [-0.05, 0) is 29.7 Å². The van der Waals surface area contributed by atoms with E-state index in [1.807, 2.05) is 36.4 Å². The highest BCUT2D eigenvalue weighted by Gasteiger charge is 2.24. The van der Waals surface area contributed by atoms with Gasteiger partial charge in [-0.1, -0.05) is 62.4 Å². The Bertz CT molecular complexity index is 1320. The van der Waals surface area contributed by atoms with Crippen molar-refractivity contribution in [3.8, 4) is 5.75 Å². The third-order valence-electron chi connectivity index (χ3n) is 4.89. The fourth-order valence-corrected chi connectivity index (χ4v) is 4.50. The topological polar surface area (TPSA) is 90.4 Å². The van der Waals surface area contributed by atoms with Gasteiger partial charge in [0.15, 0.2) is 0 Å². The largest absolute Gasteiger partial charge is 0.507 e. The van der Waals surface area contributed by atoms with Gasteiger partial charge >= 0.3 is 0 Å². The average molecular weight is 433 g/mol. The summed E-state index contributed by atoms with van der Waals surface area (Å²) in [5, 5.41) is 15.7. The van der Waals surface area contributed by atoms with E-state index in [4.69, 9.17) is 4.98 Å². The molecule has 0 aliphatic heterocycles. The summed E-state index contributed by atoms with van der Waals surface area (Å²) >= 11 is 1.48. The summed E-state index contributed by atoms with van der Waals surface area (Å²) < 4.78 is 0. The lowest BCUT2D eigenvalue weighted by atomic mass is 9.90.